The summed E-state index contributed by atoms with van der Waals surface area (Å²) in [6.07, 6.45) is 6.73. The van der Waals surface area contributed by atoms with Crippen molar-refractivity contribution < 1.29 is 9.32 Å². The summed E-state index contributed by atoms with van der Waals surface area (Å²) in [7, 11) is 0. The Morgan fingerprint density at radius 3 is 2.48 bits per heavy atom. The molecule has 1 amide bonds. The average Bonchev–Trinajstić information content (AvgIpc) is 3.41. The van der Waals surface area contributed by atoms with Gasteiger partial charge in [-0.1, -0.05) is 48.3 Å². The van der Waals surface area contributed by atoms with Gasteiger partial charge in [0.25, 0.3) is 0 Å². The first-order valence-corrected chi connectivity index (χ1v) is 11.0. The van der Waals surface area contributed by atoms with Crippen LogP contribution in [0.15, 0.2) is 34.9 Å². The Balaban J connectivity index is 1.31. The first-order valence-electron chi connectivity index (χ1n) is 11.0. The van der Waals surface area contributed by atoms with Gasteiger partial charge in [0.2, 0.25) is 17.6 Å². The molecule has 156 valence electrons. The van der Waals surface area contributed by atoms with Crippen molar-refractivity contribution in [3.05, 3.63) is 36.2 Å². The van der Waals surface area contributed by atoms with Gasteiger partial charge in [0.05, 0.1) is 6.54 Å². The average molecular weight is 397 g/mol. The van der Waals surface area contributed by atoms with Crippen molar-refractivity contribution in [2.24, 2.45) is 0 Å². The van der Waals surface area contributed by atoms with Gasteiger partial charge in [0.1, 0.15) is 0 Å². The molecule has 0 unspecified atom stereocenters. The van der Waals surface area contributed by atoms with E-state index in [1.54, 1.807) is 0 Å². The molecule has 2 aliphatic rings. The molecule has 0 N–H and O–H groups in total. The minimum atomic E-state index is 0.276. The van der Waals surface area contributed by atoms with Crippen LogP contribution in [0.3, 0.4) is 0 Å². The topological polar surface area (TPSA) is 62.5 Å². The largest absolute Gasteiger partial charge is 0.339 e. The van der Waals surface area contributed by atoms with E-state index in [1.165, 1.54) is 12.8 Å². The Hall–Kier alpha value is -2.21. The van der Waals surface area contributed by atoms with E-state index in [2.05, 4.69) is 33.8 Å². The summed E-state index contributed by atoms with van der Waals surface area (Å²) in [6.45, 7) is 6.61. The van der Waals surface area contributed by atoms with Crippen molar-refractivity contribution in [1.29, 1.82) is 0 Å². The molecular formula is C23H32N4O2. The van der Waals surface area contributed by atoms with Crippen LogP contribution < -0.4 is 0 Å². The second kappa shape index (κ2) is 9.08. The van der Waals surface area contributed by atoms with Crippen molar-refractivity contribution >= 4 is 5.91 Å². The highest BCUT2D eigenvalue weighted by Gasteiger charge is 2.31. The third-order valence-corrected chi connectivity index (χ3v) is 6.33. The molecule has 1 aromatic heterocycles. The van der Waals surface area contributed by atoms with Gasteiger partial charge in [-0.3, -0.25) is 9.69 Å². The lowest BCUT2D eigenvalue weighted by Gasteiger charge is -2.36. The molecule has 0 bridgehead atoms. The summed E-state index contributed by atoms with van der Waals surface area (Å²) in [5, 5.41) is 4.16. The van der Waals surface area contributed by atoms with E-state index in [9.17, 15) is 4.79 Å². The number of hydrogen-bond acceptors (Lipinski definition) is 5. The zero-order chi connectivity index (χ0) is 20.2. The Bertz CT molecular complexity index is 790. The van der Waals surface area contributed by atoms with Gasteiger partial charge < -0.3 is 9.42 Å². The number of benzene rings is 1. The molecule has 0 atom stereocenters. The fourth-order valence-corrected chi connectivity index (χ4v) is 4.81. The third-order valence-electron chi connectivity index (χ3n) is 6.33. The minimum absolute atomic E-state index is 0.276. The summed E-state index contributed by atoms with van der Waals surface area (Å²) < 4.78 is 5.56. The van der Waals surface area contributed by atoms with E-state index in [1.807, 2.05) is 30.3 Å². The van der Waals surface area contributed by atoms with Gasteiger partial charge in [-0.05, 0) is 52.6 Å². The molecule has 2 heterocycles. The molecule has 1 aromatic carbocycles. The maximum atomic E-state index is 13.0. The number of piperidine rings is 1. The van der Waals surface area contributed by atoms with Crippen LogP contribution in [0.25, 0.3) is 11.4 Å². The summed E-state index contributed by atoms with van der Waals surface area (Å²) in [6, 6.07) is 10.6. The molecule has 6 nitrogen and oxygen atoms in total. The Morgan fingerprint density at radius 2 is 1.83 bits per heavy atom. The number of carbonyl (C=O) groups excluding carboxylic acids is 1. The van der Waals surface area contributed by atoms with Gasteiger partial charge in [-0.2, -0.15) is 4.98 Å². The monoisotopic (exact) mass is 396 g/mol. The molecule has 29 heavy (non-hydrogen) atoms. The number of amides is 1. The zero-order valence-corrected chi connectivity index (χ0v) is 17.6. The van der Waals surface area contributed by atoms with Gasteiger partial charge in [0.15, 0.2) is 0 Å². The summed E-state index contributed by atoms with van der Waals surface area (Å²) in [5.74, 6) is 1.95. The lowest BCUT2D eigenvalue weighted by atomic mass is 9.96. The SMILES string of the molecule is CC(C)N(C(=O)CN1CCC(c2nc(-c3ccccc3)no2)CC1)C1CCCC1. The van der Waals surface area contributed by atoms with Gasteiger partial charge >= 0.3 is 0 Å². The third kappa shape index (κ3) is 4.69. The molecule has 2 fully saturated rings. The molecule has 1 aliphatic carbocycles. The van der Waals surface area contributed by atoms with Crippen LogP contribution in [-0.2, 0) is 4.79 Å². The van der Waals surface area contributed by atoms with Crippen molar-refractivity contribution in [2.75, 3.05) is 19.6 Å². The molecule has 0 radical (unpaired) electrons. The molecule has 1 saturated heterocycles. The van der Waals surface area contributed by atoms with E-state index in [-0.39, 0.29) is 17.9 Å². The lowest BCUT2D eigenvalue weighted by molar-refractivity contribution is -0.137. The molecule has 4 rings (SSSR count). The molecule has 0 spiro atoms. The molecule has 1 saturated carbocycles. The van der Waals surface area contributed by atoms with Crippen molar-refractivity contribution in [2.45, 2.75) is 70.4 Å². The molecule has 1 aliphatic heterocycles. The number of hydrogen-bond donors (Lipinski definition) is 0. The van der Waals surface area contributed by atoms with E-state index in [4.69, 9.17) is 4.52 Å². The van der Waals surface area contributed by atoms with E-state index in [0.29, 0.717) is 18.4 Å². The quantitative estimate of drug-likeness (QED) is 0.736. The Labute approximate surface area is 173 Å². The van der Waals surface area contributed by atoms with Gasteiger partial charge in [0, 0.05) is 23.6 Å². The van der Waals surface area contributed by atoms with Crippen LogP contribution >= 0.6 is 0 Å². The maximum Gasteiger partial charge on any atom is 0.237 e. The number of carbonyl (C=O) groups is 1. The van der Waals surface area contributed by atoms with E-state index in [0.717, 1.165) is 50.2 Å². The molecule has 6 heteroatoms. The summed E-state index contributed by atoms with van der Waals surface area (Å²) >= 11 is 0. The number of rotatable bonds is 6. The predicted molar refractivity (Wildman–Crippen MR) is 112 cm³/mol. The Kier molecular flexibility index (Phi) is 6.28. The first-order chi connectivity index (χ1) is 14.1. The second-order valence-electron chi connectivity index (χ2n) is 8.71. The molecule has 2 aromatic rings. The van der Waals surface area contributed by atoms with Crippen LogP contribution in [0.5, 0.6) is 0 Å². The molecular weight excluding hydrogens is 364 g/mol. The number of aromatic nitrogens is 2. The lowest BCUT2D eigenvalue weighted by Crippen LogP contribution is -2.49. The predicted octanol–water partition coefficient (Wildman–Crippen LogP) is 4.10. The normalized spacial score (nSPS) is 19.1. The fourth-order valence-electron chi connectivity index (χ4n) is 4.81. The van der Waals surface area contributed by atoms with Crippen molar-refractivity contribution in [1.82, 2.24) is 19.9 Å². The fraction of sp³-hybridized carbons (Fsp3) is 0.609. The first kappa shape index (κ1) is 20.1. The number of nitrogens with zero attached hydrogens (tertiary/aromatic N) is 4. The van der Waals surface area contributed by atoms with Crippen LogP contribution in [0.2, 0.25) is 0 Å². The van der Waals surface area contributed by atoms with Gasteiger partial charge in [-0.15, -0.1) is 0 Å². The highest BCUT2D eigenvalue weighted by Crippen LogP contribution is 2.29. The summed E-state index contributed by atoms with van der Waals surface area (Å²) in [5.41, 5.74) is 0.978. The highest BCUT2D eigenvalue weighted by atomic mass is 16.5. The summed E-state index contributed by atoms with van der Waals surface area (Å²) in [4.78, 5) is 22.0. The van der Waals surface area contributed by atoms with Crippen molar-refractivity contribution in [3.63, 3.8) is 0 Å². The van der Waals surface area contributed by atoms with Crippen LogP contribution in [-0.4, -0.2) is 57.6 Å². The van der Waals surface area contributed by atoms with Crippen LogP contribution in [0.1, 0.15) is 64.2 Å². The van der Waals surface area contributed by atoms with E-state index >= 15 is 0 Å². The Morgan fingerprint density at radius 1 is 1.14 bits per heavy atom. The van der Waals surface area contributed by atoms with E-state index < -0.39 is 0 Å². The van der Waals surface area contributed by atoms with Crippen molar-refractivity contribution in [3.8, 4) is 11.4 Å². The maximum absolute atomic E-state index is 13.0. The standard InChI is InChI=1S/C23H32N4O2/c1-17(2)27(20-10-6-7-11-20)21(28)16-26-14-12-19(13-15-26)23-24-22(25-29-23)18-8-4-3-5-9-18/h3-5,8-9,17,19-20H,6-7,10-16H2,1-2H3. The van der Waals surface area contributed by atoms with Crippen LogP contribution in [0, 0.1) is 0 Å². The second-order valence-corrected chi connectivity index (χ2v) is 8.71. The van der Waals surface area contributed by atoms with Crippen LogP contribution in [0.4, 0.5) is 0 Å². The van der Waals surface area contributed by atoms with Gasteiger partial charge in [-0.25, -0.2) is 0 Å². The zero-order valence-electron chi connectivity index (χ0n) is 17.6. The minimum Gasteiger partial charge on any atom is -0.339 e. The number of likely N-dealkylation sites (tertiary alicyclic amines) is 1. The smallest absolute Gasteiger partial charge is 0.237 e. The highest BCUT2D eigenvalue weighted by molar-refractivity contribution is 5.79.